The van der Waals surface area contributed by atoms with Crippen LogP contribution in [0, 0.1) is 11.8 Å². The van der Waals surface area contributed by atoms with Crippen LogP contribution in [0.4, 0.5) is 0 Å². The van der Waals surface area contributed by atoms with Crippen molar-refractivity contribution in [3.05, 3.63) is 23.9 Å². The van der Waals surface area contributed by atoms with Gasteiger partial charge in [0.05, 0.1) is 12.7 Å². The van der Waals surface area contributed by atoms with Gasteiger partial charge in [-0.25, -0.2) is 9.78 Å². The van der Waals surface area contributed by atoms with Gasteiger partial charge >= 0.3 is 5.97 Å². The quantitative estimate of drug-likeness (QED) is 0.687. The lowest BCUT2D eigenvalue weighted by molar-refractivity contribution is -0.135. The Kier molecular flexibility index (Phi) is 7.51. The van der Waals surface area contributed by atoms with Gasteiger partial charge in [-0.05, 0) is 17.9 Å². The third-order valence-corrected chi connectivity index (χ3v) is 3.03. The Morgan fingerprint density at radius 1 is 1.13 bits per heavy atom. The Morgan fingerprint density at radius 2 is 1.74 bits per heavy atom. The molecule has 0 aliphatic rings. The number of pyridine rings is 1. The molecule has 1 heterocycles. The Hall–Kier alpha value is -2.11. The van der Waals surface area contributed by atoms with E-state index in [1.54, 1.807) is 17.0 Å². The molecule has 0 fully saturated rings. The van der Waals surface area contributed by atoms with Crippen molar-refractivity contribution in [1.29, 1.82) is 0 Å². The van der Waals surface area contributed by atoms with E-state index >= 15 is 0 Å². The van der Waals surface area contributed by atoms with Gasteiger partial charge in [0.1, 0.15) is 0 Å². The summed E-state index contributed by atoms with van der Waals surface area (Å²) in [5, 5.41) is 0. The monoisotopic (exact) mass is 322 g/mol. The van der Waals surface area contributed by atoms with Gasteiger partial charge in [-0.1, -0.05) is 27.7 Å². The normalized spacial score (nSPS) is 10.7. The van der Waals surface area contributed by atoms with Crippen molar-refractivity contribution in [3.63, 3.8) is 0 Å². The van der Waals surface area contributed by atoms with Crippen LogP contribution in [0.5, 0.6) is 5.88 Å². The smallest absolute Gasteiger partial charge is 0.340 e. The molecule has 0 radical (unpaired) electrons. The van der Waals surface area contributed by atoms with Gasteiger partial charge in [-0.15, -0.1) is 0 Å². The van der Waals surface area contributed by atoms with Crippen molar-refractivity contribution in [2.45, 2.75) is 27.7 Å². The van der Waals surface area contributed by atoms with Gasteiger partial charge in [0.15, 0.2) is 6.61 Å². The first kappa shape index (κ1) is 18.9. The van der Waals surface area contributed by atoms with Crippen molar-refractivity contribution in [1.82, 2.24) is 9.88 Å². The van der Waals surface area contributed by atoms with Crippen LogP contribution in [0.3, 0.4) is 0 Å². The van der Waals surface area contributed by atoms with Crippen LogP contribution in [-0.2, 0) is 9.53 Å². The lowest BCUT2D eigenvalue weighted by Crippen LogP contribution is -2.39. The molecule has 0 saturated heterocycles. The number of aromatic nitrogens is 1. The molecule has 1 rings (SSSR count). The van der Waals surface area contributed by atoms with Crippen molar-refractivity contribution in [2.24, 2.45) is 11.8 Å². The second-order valence-electron chi connectivity index (χ2n) is 6.25. The fraction of sp³-hybridized carbons (Fsp3) is 0.588. The van der Waals surface area contributed by atoms with Gasteiger partial charge < -0.3 is 14.4 Å². The van der Waals surface area contributed by atoms with Gasteiger partial charge in [0, 0.05) is 25.4 Å². The van der Waals surface area contributed by atoms with E-state index in [2.05, 4.69) is 32.7 Å². The van der Waals surface area contributed by atoms with E-state index in [9.17, 15) is 9.59 Å². The average molecular weight is 322 g/mol. The molecule has 23 heavy (non-hydrogen) atoms. The minimum Gasteiger partial charge on any atom is -0.481 e. The molecule has 0 bridgehead atoms. The molecule has 0 unspecified atom stereocenters. The molecular weight excluding hydrogens is 296 g/mol. The van der Waals surface area contributed by atoms with Gasteiger partial charge in [0.25, 0.3) is 5.91 Å². The largest absolute Gasteiger partial charge is 0.481 e. The topological polar surface area (TPSA) is 68.7 Å². The van der Waals surface area contributed by atoms with E-state index in [-0.39, 0.29) is 18.1 Å². The van der Waals surface area contributed by atoms with E-state index in [1.807, 2.05) is 0 Å². The van der Waals surface area contributed by atoms with Crippen LogP contribution in [0.1, 0.15) is 38.1 Å². The molecule has 0 N–H and O–H groups in total. The molecule has 0 saturated carbocycles. The van der Waals surface area contributed by atoms with Crippen LogP contribution in [0.2, 0.25) is 0 Å². The van der Waals surface area contributed by atoms with Crippen molar-refractivity contribution < 1.29 is 19.1 Å². The summed E-state index contributed by atoms with van der Waals surface area (Å²) in [4.78, 5) is 29.9. The van der Waals surface area contributed by atoms with Crippen LogP contribution in [-0.4, -0.2) is 48.6 Å². The second-order valence-corrected chi connectivity index (χ2v) is 6.25. The standard InChI is InChI=1S/C17H26N2O4/c1-12(2)9-19(10-13(3)4)16(20)11-23-17(21)14-6-7-15(22-5)18-8-14/h6-8,12-13H,9-11H2,1-5H3. The number of hydrogen-bond donors (Lipinski definition) is 0. The first-order chi connectivity index (χ1) is 10.8. The van der Waals surface area contributed by atoms with E-state index in [0.717, 1.165) is 0 Å². The van der Waals surface area contributed by atoms with Crippen LogP contribution < -0.4 is 4.74 Å². The number of hydrogen-bond acceptors (Lipinski definition) is 5. The first-order valence-corrected chi connectivity index (χ1v) is 7.78. The summed E-state index contributed by atoms with van der Waals surface area (Å²) in [6.07, 6.45) is 1.37. The van der Waals surface area contributed by atoms with E-state index in [4.69, 9.17) is 9.47 Å². The highest BCUT2D eigenvalue weighted by Gasteiger charge is 2.18. The molecular formula is C17H26N2O4. The summed E-state index contributed by atoms with van der Waals surface area (Å²) in [5.41, 5.74) is 0.290. The maximum atomic E-state index is 12.3. The molecule has 1 aromatic rings. The molecule has 1 amide bonds. The fourth-order valence-corrected chi connectivity index (χ4v) is 2.08. The zero-order chi connectivity index (χ0) is 17.4. The molecule has 0 aliphatic heterocycles. The molecule has 0 aromatic carbocycles. The van der Waals surface area contributed by atoms with E-state index < -0.39 is 5.97 Å². The highest BCUT2D eigenvalue weighted by molar-refractivity contribution is 5.91. The number of ether oxygens (including phenoxy) is 2. The highest BCUT2D eigenvalue weighted by Crippen LogP contribution is 2.09. The minimum absolute atomic E-state index is 0.178. The van der Waals surface area contributed by atoms with Crippen LogP contribution in [0.25, 0.3) is 0 Å². The fourth-order valence-electron chi connectivity index (χ4n) is 2.08. The van der Waals surface area contributed by atoms with E-state index in [1.165, 1.54) is 13.3 Å². The number of carbonyl (C=O) groups excluding carboxylic acids is 2. The Morgan fingerprint density at radius 3 is 2.17 bits per heavy atom. The Balaban J connectivity index is 2.58. The predicted molar refractivity (Wildman–Crippen MR) is 87.3 cm³/mol. The van der Waals surface area contributed by atoms with Crippen molar-refractivity contribution in [3.8, 4) is 5.88 Å². The first-order valence-electron chi connectivity index (χ1n) is 7.78. The minimum atomic E-state index is -0.567. The van der Waals surface area contributed by atoms with Crippen molar-refractivity contribution in [2.75, 3.05) is 26.8 Å². The Bertz CT molecular complexity index is 502. The number of esters is 1. The summed E-state index contributed by atoms with van der Waals surface area (Å²) in [5.74, 6) is 0.390. The summed E-state index contributed by atoms with van der Waals surface area (Å²) in [6, 6.07) is 3.13. The maximum absolute atomic E-state index is 12.3. The molecule has 1 aromatic heterocycles. The number of carbonyl (C=O) groups is 2. The van der Waals surface area contributed by atoms with Crippen molar-refractivity contribution >= 4 is 11.9 Å². The Labute approximate surface area is 137 Å². The predicted octanol–water partition coefficient (Wildman–Crippen LogP) is 2.39. The van der Waals surface area contributed by atoms with Gasteiger partial charge in [-0.2, -0.15) is 0 Å². The summed E-state index contributed by atoms with van der Waals surface area (Å²) < 4.78 is 10.0. The van der Waals surface area contributed by atoms with Gasteiger partial charge in [0.2, 0.25) is 5.88 Å². The second kappa shape index (κ2) is 9.12. The molecule has 6 nitrogen and oxygen atoms in total. The zero-order valence-corrected chi connectivity index (χ0v) is 14.5. The third kappa shape index (κ3) is 6.67. The summed E-state index contributed by atoms with van der Waals surface area (Å²) in [6.45, 7) is 9.25. The third-order valence-electron chi connectivity index (χ3n) is 3.03. The number of rotatable bonds is 8. The highest BCUT2D eigenvalue weighted by atomic mass is 16.5. The number of amides is 1. The van der Waals surface area contributed by atoms with E-state index in [0.29, 0.717) is 30.8 Å². The molecule has 6 heteroatoms. The molecule has 0 aliphatic carbocycles. The maximum Gasteiger partial charge on any atom is 0.340 e. The molecule has 0 atom stereocenters. The molecule has 128 valence electrons. The summed E-state index contributed by atoms with van der Waals surface area (Å²) >= 11 is 0. The zero-order valence-electron chi connectivity index (χ0n) is 14.5. The van der Waals surface area contributed by atoms with Crippen LogP contribution >= 0.6 is 0 Å². The number of methoxy groups -OCH3 is 1. The van der Waals surface area contributed by atoms with Crippen LogP contribution in [0.15, 0.2) is 18.3 Å². The SMILES string of the molecule is COc1ccc(C(=O)OCC(=O)N(CC(C)C)CC(C)C)cn1. The average Bonchev–Trinajstić information content (AvgIpc) is 2.50. The lowest BCUT2D eigenvalue weighted by atomic mass is 10.1. The molecule has 0 spiro atoms. The summed E-state index contributed by atoms with van der Waals surface area (Å²) in [7, 11) is 1.50. The lowest BCUT2D eigenvalue weighted by Gasteiger charge is -2.26. The number of nitrogens with zero attached hydrogens (tertiary/aromatic N) is 2. The van der Waals surface area contributed by atoms with Gasteiger partial charge in [-0.3, -0.25) is 4.79 Å².